The summed E-state index contributed by atoms with van der Waals surface area (Å²) >= 11 is 7.49. The second-order valence-electron chi connectivity index (χ2n) is 7.95. The number of carbonyl (C=O) groups excluding carboxylic acids is 2. The Hall–Kier alpha value is -3.24. The fourth-order valence-electron chi connectivity index (χ4n) is 3.46. The van der Waals surface area contributed by atoms with Crippen LogP contribution in [0.5, 0.6) is 0 Å². The highest BCUT2D eigenvalue weighted by Crippen LogP contribution is 2.30. The topological polar surface area (TPSA) is 112 Å². The Kier molecular flexibility index (Phi) is 6.75. The second kappa shape index (κ2) is 9.72. The number of rotatable bonds is 5. The predicted molar refractivity (Wildman–Crippen MR) is 130 cm³/mol. The summed E-state index contributed by atoms with van der Waals surface area (Å²) in [6.45, 7) is 6.94. The average Bonchev–Trinajstić information content (AvgIpc) is 3.14. The quantitative estimate of drug-likeness (QED) is 0.466. The fraction of sp³-hybridized carbons (Fsp3) is 0.318. The van der Waals surface area contributed by atoms with Gasteiger partial charge < -0.3 is 15.5 Å². The van der Waals surface area contributed by atoms with Crippen molar-refractivity contribution < 1.29 is 9.59 Å². The van der Waals surface area contributed by atoms with E-state index in [-0.39, 0.29) is 11.9 Å². The lowest BCUT2D eigenvalue weighted by molar-refractivity contribution is 0.0944. The van der Waals surface area contributed by atoms with Crippen LogP contribution < -0.4 is 20.9 Å². The SMILES string of the molecule is Cc1cc(Cl)nc(N2CCc3nc(NC(=O)Nc4ccccc4C(=O)NC(C)C)sc3C2)n1. The van der Waals surface area contributed by atoms with Crippen LogP contribution in [-0.2, 0) is 13.0 Å². The average molecular weight is 486 g/mol. The number of amides is 3. The second-order valence-corrected chi connectivity index (χ2v) is 9.42. The van der Waals surface area contributed by atoms with E-state index in [0.717, 1.165) is 16.3 Å². The third-order valence-corrected chi connectivity index (χ3v) is 6.08. The number of carbonyl (C=O) groups is 2. The summed E-state index contributed by atoms with van der Waals surface area (Å²) in [5.74, 6) is 0.340. The number of aryl methyl sites for hydroxylation is 1. The van der Waals surface area contributed by atoms with Gasteiger partial charge in [-0.15, -0.1) is 0 Å². The Morgan fingerprint density at radius 2 is 1.94 bits per heavy atom. The number of aromatic nitrogens is 3. The molecular weight excluding hydrogens is 462 g/mol. The molecule has 4 rings (SSSR count). The van der Waals surface area contributed by atoms with Gasteiger partial charge in [0.15, 0.2) is 5.13 Å². The van der Waals surface area contributed by atoms with Crippen LogP contribution in [0.15, 0.2) is 30.3 Å². The van der Waals surface area contributed by atoms with Gasteiger partial charge in [-0.2, -0.15) is 0 Å². The van der Waals surface area contributed by atoms with Crippen LogP contribution >= 0.6 is 22.9 Å². The molecule has 11 heteroatoms. The maximum atomic E-state index is 12.6. The first kappa shape index (κ1) is 22.9. The maximum absolute atomic E-state index is 12.6. The molecule has 3 amide bonds. The molecule has 172 valence electrons. The van der Waals surface area contributed by atoms with Crippen LogP contribution in [0.2, 0.25) is 5.15 Å². The van der Waals surface area contributed by atoms with E-state index in [1.807, 2.05) is 25.7 Å². The molecule has 0 fully saturated rings. The van der Waals surface area contributed by atoms with Gasteiger partial charge in [-0.05, 0) is 39.0 Å². The number of anilines is 3. The van der Waals surface area contributed by atoms with Gasteiger partial charge in [-0.3, -0.25) is 10.1 Å². The van der Waals surface area contributed by atoms with E-state index in [1.54, 1.807) is 30.3 Å². The Morgan fingerprint density at radius 1 is 1.15 bits per heavy atom. The summed E-state index contributed by atoms with van der Waals surface area (Å²) in [6, 6.07) is 8.12. The minimum atomic E-state index is -0.462. The minimum Gasteiger partial charge on any atom is -0.350 e. The van der Waals surface area contributed by atoms with Crippen molar-refractivity contribution in [3.63, 3.8) is 0 Å². The van der Waals surface area contributed by atoms with Crippen molar-refractivity contribution in [3.8, 4) is 0 Å². The highest BCUT2D eigenvalue weighted by Gasteiger charge is 2.24. The Morgan fingerprint density at radius 3 is 2.70 bits per heavy atom. The van der Waals surface area contributed by atoms with Gasteiger partial charge in [0.05, 0.1) is 23.5 Å². The molecule has 3 aromatic rings. The van der Waals surface area contributed by atoms with Gasteiger partial charge in [0, 0.05) is 29.6 Å². The largest absolute Gasteiger partial charge is 0.350 e. The first-order valence-corrected chi connectivity index (χ1v) is 11.7. The molecule has 33 heavy (non-hydrogen) atoms. The van der Waals surface area contributed by atoms with E-state index in [0.29, 0.717) is 47.0 Å². The highest BCUT2D eigenvalue weighted by atomic mass is 35.5. The first-order valence-electron chi connectivity index (χ1n) is 10.5. The lowest BCUT2D eigenvalue weighted by atomic mass is 10.1. The van der Waals surface area contributed by atoms with Crippen molar-refractivity contribution in [3.05, 3.63) is 57.3 Å². The van der Waals surface area contributed by atoms with Crippen molar-refractivity contribution in [2.45, 2.75) is 39.8 Å². The number of urea groups is 1. The molecule has 3 N–H and O–H groups in total. The number of hydrogen-bond acceptors (Lipinski definition) is 7. The molecule has 0 radical (unpaired) electrons. The van der Waals surface area contributed by atoms with E-state index in [2.05, 4.69) is 30.9 Å². The number of para-hydroxylation sites is 1. The highest BCUT2D eigenvalue weighted by molar-refractivity contribution is 7.15. The van der Waals surface area contributed by atoms with E-state index in [1.165, 1.54) is 11.3 Å². The van der Waals surface area contributed by atoms with Crippen molar-refractivity contribution in [2.24, 2.45) is 0 Å². The van der Waals surface area contributed by atoms with Crippen LogP contribution in [0.4, 0.5) is 21.6 Å². The molecular formula is C22H24ClN7O2S. The summed E-state index contributed by atoms with van der Waals surface area (Å²) in [4.78, 5) is 41.5. The maximum Gasteiger partial charge on any atom is 0.325 e. The number of benzene rings is 1. The number of hydrogen-bond donors (Lipinski definition) is 3. The molecule has 1 aliphatic rings. The molecule has 0 atom stereocenters. The molecule has 1 aliphatic heterocycles. The van der Waals surface area contributed by atoms with Gasteiger partial charge >= 0.3 is 6.03 Å². The Balaban J connectivity index is 1.43. The zero-order valence-corrected chi connectivity index (χ0v) is 20.0. The Labute approximate surface area is 200 Å². The fourth-order valence-corrected chi connectivity index (χ4v) is 4.71. The predicted octanol–water partition coefficient (Wildman–Crippen LogP) is 4.24. The number of halogens is 1. The first-order chi connectivity index (χ1) is 15.8. The molecule has 9 nitrogen and oxygen atoms in total. The summed E-state index contributed by atoms with van der Waals surface area (Å²) in [5.41, 5.74) is 2.57. The van der Waals surface area contributed by atoms with Crippen molar-refractivity contribution >= 4 is 51.6 Å². The number of fused-ring (bicyclic) bond motifs is 1. The third kappa shape index (κ3) is 5.58. The zero-order valence-electron chi connectivity index (χ0n) is 18.5. The molecule has 1 aromatic carbocycles. The summed E-state index contributed by atoms with van der Waals surface area (Å²) in [6.07, 6.45) is 0.711. The van der Waals surface area contributed by atoms with Crippen LogP contribution in [-0.4, -0.2) is 39.5 Å². The number of nitrogens with one attached hydrogen (secondary N) is 3. The van der Waals surface area contributed by atoms with Crippen LogP contribution in [0.1, 0.15) is 40.5 Å². The molecule has 0 saturated heterocycles. The molecule has 0 bridgehead atoms. The van der Waals surface area contributed by atoms with E-state index < -0.39 is 6.03 Å². The smallest absolute Gasteiger partial charge is 0.325 e. The van der Waals surface area contributed by atoms with Crippen molar-refractivity contribution in [2.75, 3.05) is 22.1 Å². The van der Waals surface area contributed by atoms with Gasteiger partial charge in [0.1, 0.15) is 5.15 Å². The molecule has 3 heterocycles. The summed E-state index contributed by atoms with van der Waals surface area (Å²) in [5, 5.41) is 9.27. The summed E-state index contributed by atoms with van der Waals surface area (Å²) in [7, 11) is 0. The van der Waals surface area contributed by atoms with Gasteiger partial charge in [0.2, 0.25) is 5.95 Å². The third-order valence-electron chi connectivity index (χ3n) is 4.89. The molecule has 0 spiro atoms. The Bertz CT molecular complexity index is 1180. The van der Waals surface area contributed by atoms with Crippen LogP contribution in [0.25, 0.3) is 0 Å². The van der Waals surface area contributed by atoms with E-state index >= 15 is 0 Å². The van der Waals surface area contributed by atoms with Gasteiger partial charge in [0.25, 0.3) is 5.91 Å². The van der Waals surface area contributed by atoms with Gasteiger partial charge in [-0.1, -0.05) is 35.1 Å². The monoisotopic (exact) mass is 485 g/mol. The minimum absolute atomic E-state index is 0.0122. The van der Waals surface area contributed by atoms with Crippen LogP contribution in [0, 0.1) is 6.92 Å². The van der Waals surface area contributed by atoms with Crippen molar-refractivity contribution in [1.82, 2.24) is 20.3 Å². The zero-order chi connectivity index (χ0) is 23.5. The van der Waals surface area contributed by atoms with Crippen molar-refractivity contribution in [1.29, 1.82) is 0 Å². The van der Waals surface area contributed by atoms with Gasteiger partial charge in [-0.25, -0.2) is 19.7 Å². The lowest BCUT2D eigenvalue weighted by Gasteiger charge is -2.26. The molecule has 0 aliphatic carbocycles. The van der Waals surface area contributed by atoms with E-state index in [4.69, 9.17) is 11.6 Å². The summed E-state index contributed by atoms with van der Waals surface area (Å²) < 4.78 is 0. The van der Waals surface area contributed by atoms with E-state index in [9.17, 15) is 9.59 Å². The molecule has 0 unspecified atom stereocenters. The lowest BCUT2D eigenvalue weighted by Crippen LogP contribution is -2.31. The number of nitrogens with zero attached hydrogens (tertiary/aromatic N) is 4. The van der Waals surface area contributed by atoms with Crippen LogP contribution in [0.3, 0.4) is 0 Å². The number of thiazole rings is 1. The molecule has 0 saturated carbocycles. The molecule has 2 aromatic heterocycles. The standard InChI is InChI=1S/C22H24ClN7O2S/c1-12(2)24-19(31)14-6-4-5-7-15(14)26-21(32)29-22-27-16-8-9-30(11-17(16)33-22)20-25-13(3)10-18(23)28-20/h4-7,10,12H,8-9,11H2,1-3H3,(H,24,31)(H2,26,27,29,32). The normalized spacial score (nSPS) is 12.9.